The van der Waals surface area contributed by atoms with E-state index in [1.54, 1.807) is 0 Å². The summed E-state index contributed by atoms with van der Waals surface area (Å²) in [7, 11) is 0. The maximum atomic E-state index is 9.97. The lowest BCUT2D eigenvalue weighted by Gasteiger charge is -2.43. The van der Waals surface area contributed by atoms with Crippen LogP contribution >= 0.6 is 0 Å². The summed E-state index contributed by atoms with van der Waals surface area (Å²) in [5.41, 5.74) is 0. The van der Waals surface area contributed by atoms with Gasteiger partial charge in [-0.25, -0.2) is 0 Å². The molecular weight excluding hydrogens is 188 g/mol. The number of rotatable bonds is 3. The van der Waals surface area contributed by atoms with E-state index in [-0.39, 0.29) is 6.10 Å². The van der Waals surface area contributed by atoms with Gasteiger partial charge in [0.1, 0.15) is 0 Å². The molecule has 0 unspecified atom stereocenters. The van der Waals surface area contributed by atoms with Gasteiger partial charge >= 0.3 is 0 Å². The Morgan fingerprint density at radius 1 is 1.13 bits per heavy atom. The minimum absolute atomic E-state index is 0.0705. The van der Waals surface area contributed by atoms with Crippen LogP contribution in [0.4, 0.5) is 0 Å². The van der Waals surface area contributed by atoms with Gasteiger partial charge in [0.25, 0.3) is 0 Å². The lowest BCUT2D eigenvalue weighted by molar-refractivity contribution is -0.0857. The molecule has 0 aromatic carbocycles. The van der Waals surface area contributed by atoms with Crippen molar-refractivity contribution in [3.05, 3.63) is 12.7 Å². The Bertz CT molecular complexity index is 215. The van der Waals surface area contributed by atoms with Crippen LogP contribution in [0.2, 0.25) is 0 Å². The molecule has 0 aliphatic heterocycles. The molecule has 4 atom stereocenters. The van der Waals surface area contributed by atoms with Crippen LogP contribution in [0.25, 0.3) is 0 Å². The zero-order chi connectivity index (χ0) is 10.7. The van der Waals surface area contributed by atoms with E-state index < -0.39 is 0 Å². The molecule has 0 amide bonds. The van der Waals surface area contributed by atoms with Crippen LogP contribution in [0, 0.1) is 11.8 Å². The van der Waals surface area contributed by atoms with Crippen LogP contribution in [-0.4, -0.2) is 23.9 Å². The van der Waals surface area contributed by atoms with E-state index in [4.69, 9.17) is 4.74 Å². The van der Waals surface area contributed by atoms with Crippen molar-refractivity contribution in [2.24, 2.45) is 11.8 Å². The van der Waals surface area contributed by atoms with Crippen LogP contribution in [0.1, 0.15) is 38.5 Å². The standard InChI is InChI=1S/C13H22O2/c1-2-9-15-13-8-7-12(14)10-5-3-4-6-11(10)13/h2,10-14H,1,3-9H2/t10-,11-,12+,13-/m1/s1. The Balaban J connectivity index is 1.97. The highest BCUT2D eigenvalue weighted by molar-refractivity contribution is 4.90. The number of aliphatic hydroxyl groups is 1. The Labute approximate surface area is 92.3 Å². The van der Waals surface area contributed by atoms with Crippen molar-refractivity contribution in [1.29, 1.82) is 0 Å². The first-order valence-electron chi connectivity index (χ1n) is 6.23. The summed E-state index contributed by atoms with van der Waals surface area (Å²) in [5.74, 6) is 1.10. The minimum Gasteiger partial charge on any atom is -0.393 e. The van der Waals surface area contributed by atoms with Crippen molar-refractivity contribution >= 4 is 0 Å². The molecule has 0 saturated heterocycles. The van der Waals surface area contributed by atoms with Gasteiger partial charge in [0.2, 0.25) is 0 Å². The molecule has 0 aromatic rings. The highest BCUT2D eigenvalue weighted by Crippen LogP contribution is 2.41. The van der Waals surface area contributed by atoms with E-state index >= 15 is 0 Å². The molecule has 2 heteroatoms. The fourth-order valence-corrected chi connectivity index (χ4v) is 3.29. The second kappa shape index (κ2) is 5.13. The van der Waals surface area contributed by atoms with Gasteiger partial charge in [-0.15, -0.1) is 6.58 Å². The van der Waals surface area contributed by atoms with E-state index in [0.717, 1.165) is 12.8 Å². The summed E-state index contributed by atoms with van der Waals surface area (Å²) in [4.78, 5) is 0. The summed E-state index contributed by atoms with van der Waals surface area (Å²) < 4.78 is 5.82. The van der Waals surface area contributed by atoms with Crippen LogP contribution < -0.4 is 0 Å². The summed E-state index contributed by atoms with van der Waals surface area (Å²) in [5, 5.41) is 9.97. The van der Waals surface area contributed by atoms with Gasteiger partial charge in [-0.2, -0.15) is 0 Å². The molecule has 2 aliphatic rings. The van der Waals surface area contributed by atoms with E-state index in [1.807, 2.05) is 6.08 Å². The third kappa shape index (κ3) is 2.43. The lowest BCUT2D eigenvalue weighted by Crippen LogP contribution is -2.43. The predicted octanol–water partition coefficient (Wildman–Crippen LogP) is 2.52. The Kier molecular flexibility index (Phi) is 3.81. The van der Waals surface area contributed by atoms with E-state index in [2.05, 4.69) is 6.58 Å². The quantitative estimate of drug-likeness (QED) is 0.725. The molecule has 0 spiro atoms. The second-order valence-electron chi connectivity index (χ2n) is 4.92. The molecule has 0 bridgehead atoms. The van der Waals surface area contributed by atoms with Crippen LogP contribution in [0.5, 0.6) is 0 Å². The zero-order valence-electron chi connectivity index (χ0n) is 9.40. The average molecular weight is 210 g/mol. The van der Waals surface area contributed by atoms with Gasteiger partial charge in [0, 0.05) is 0 Å². The van der Waals surface area contributed by atoms with E-state index in [1.165, 1.54) is 25.7 Å². The molecule has 86 valence electrons. The van der Waals surface area contributed by atoms with Gasteiger partial charge in [0.15, 0.2) is 0 Å². The Hall–Kier alpha value is -0.340. The summed E-state index contributed by atoms with van der Waals surface area (Å²) in [6.45, 7) is 4.35. The molecule has 2 aliphatic carbocycles. The summed E-state index contributed by atoms with van der Waals surface area (Å²) in [6.07, 6.45) is 9.09. The lowest BCUT2D eigenvalue weighted by atomic mass is 9.68. The van der Waals surface area contributed by atoms with Crippen molar-refractivity contribution in [1.82, 2.24) is 0 Å². The average Bonchev–Trinajstić information content (AvgIpc) is 2.29. The Morgan fingerprint density at radius 2 is 1.87 bits per heavy atom. The van der Waals surface area contributed by atoms with Crippen molar-refractivity contribution in [2.45, 2.75) is 50.7 Å². The largest absolute Gasteiger partial charge is 0.393 e. The van der Waals surface area contributed by atoms with Gasteiger partial charge in [-0.3, -0.25) is 0 Å². The van der Waals surface area contributed by atoms with Crippen molar-refractivity contribution in [3.8, 4) is 0 Å². The predicted molar refractivity (Wildman–Crippen MR) is 60.6 cm³/mol. The van der Waals surface area contributed by atoms with E-state index in [9.17, 15) is 5.11 Å². The third-order valence-electron chi connectivity index (χ3n) is 4.02. The topological polar surface area (TPSA) is 29.5 Å². The summed E-state index contributed by atoms with van der Waals surface area (Å²) in [6, 6.07) is 0. The van der Waals surface area contributed by atoms with Crippen LogP contribution in [0.15, 0.2) is 12.7 Å². The fourth-order valence-electron chi connectivity index (χ4n) is 3.29. The van der Waals surface area contributed by atoms with E-state index in [0.29, 0.717) is 24.5 Å². The summed E-state index contributed by atoms with van der Waals surface area (Å²) >= 11 is 0. The molecule has 15 heavy (non-hydrogen) atoms. The molecule has 2 fully saturated rings. The molecule has 0 heterocycles. The van der Waals surface area contributed by atoms with Gasteiger partial charge in [0.05, 0.1) is 18.8 Å². The first-order chi connectivity index (χ1) is 7.33. The Morgan fingerprint density at radius 3 is 2.60 bits per heavy atom. The van der Waals surface area contributed by atoms with Crippen LogP contribution in [-0.2, 0) is 4.74 Å². The number of aliphatic hydroxyl groups excluding tert-OH is 1. The van der Waals surface area contributed by atoms with Crippen molar-refractivity contribution < 1.29 is 9.84 Å². The number of hydrogen-bond acceptors (Lipinski definition) is 2. The highest BCUT2D eigenvalue weighted by Gasteiger charge is 2.40. The monoisotopic (exact) mass is 210 g/mol. The molecule has 2 nitrogen and oxygen atoms in total. The molecular formula is C13H22O2. The molecule has 1 N–H and O–H groups in total. The smallest absolute Gasteiger partial charge is 0.0648 e. The first kappa shape index (κ1) is 11.2. The minimum atomic E-state index is -0.0705. The van der Waals surface area contributed by atoms with Crippen LogP contribution in [0.3, 0.4) is 0 Å². The zero-order valence-corrected chi connectivity index (χ0v) is 9.40. The second-order valence-corrected chi connectivity index (χ2v) is 4.92. The number of ether oxygens (including phenoxy) is 1. The van der Waals surface area contributed by atoms with Gasteiger partial charge in [-0.05, 0) is 37.5 Å². The number of fused-ring (bicyclic) bond motifs is 1. The van der Waals surface area contributed by atoms with Gasteiger partial charge in [-0.1, -0.05) is 18.9 Å². The number of hydrogen-bond donors (Lipinski definition) is 1. The van der Waals surface area contributed by atoms with Crippen molar-refractivity contribution in [2.75, 3.05) is 6.61 Å². The first-order valence-corrected chi connectivity index (χ1v) is 6.23. The van der Waals surface area contributed by atoms with Crippen molar-refractivity contribution in [3.63, 3.8) is 0 Å². The SMILES string of the molecule is C=CCO[C@@H]1CC[C@H](O)[C@@H]2CCCC[C@H]21. The third-order valence-corrected chi connectivity index (χ3v) is 4.02. The maximum Gasteiger partial charge on any atom is 0.0648 e. The maximum absolute atomic E-state index is 9.97. The fraction of sp³-hybridized carbons (Fsp3) is 0.846. The molecule has 2 rings (SSSR count). The normalized spacial score (nSPS) is 40.9. The highest BCUT2D eigenvalue weighted by atomic mass is 16.5. The van der Waals surface area contributed by atoms with Gasteiger partial charge < -0.3 is 9.84 Å². The molecule has 0 aromatic heterocycles. The molecule has 0 radical (unpaired) electrons. The molecule has 2 saturated carbocycles.